The van der Waals surface area contributed by atoms with Crippen molar-refractivity contribution in [1.29, 1.82) is 0 Å². The Hall–Kier alpha value is -1.30. The van der Waals surface area contributed by atoms with E-state index in [9.17, 15) is 0 Å². The van der Waals surface area contributed by atoms with Gasteiger partial charge in [-0.05, 0) is 37.6 Å². The summed E-state index contributed by atoms with van der Waals surface area (Å²) < 4.78 is 0. The van der Waals surface area contributed by atoms with Gasteiger partial charge in [-0.2, -0.15) is 0 Å². The van der Waals surface area contributed by atoms with E-state index in [-0.39, 0.29) is 6.61 Å². The van der Waals surface area contributed by atoms with Crippen molar-refractivity contribution in [2.24, 2.45) is 0 Å². The summed E-state index contributed by atoms with van der Waals surface area (Å²) in [7, 11) is 2.18. The molecule has 0 spiro atoms. The molecule has 0 saturated carbocycles. The fourth-order valence-electron chi connectivity index (χ4n) is 2.30. The Bertz CT molecular complexity index is 426. The third kappa shape index (κ3) is 5.46. The van der Waals surface area contributed by atoms with Gasteiger partial charge in [-0.15, -0.1) is 0 Å². The Morgan fingerprint density at radius 3 is 2.63 bits per heavy atom. The lowest BCUT2D eigenvalue weighted by molar-refractivity contribution is 0.222. The second-order valence-corrected chi connectivity index (χ2v) is 4.86. The summed E-state index contributed by atoms with van der Waals surface area (Å²) in [5, 5.41) is 8.72. The fraction of sp³-hybridized carbons (Fsp3) is 0.529. The number of aliphatic hydroxyl groups is 1. The molecule has 0 heterocycles. The molecule has 19 heavy (non-hydrogen) atoms. The molecule has 1 N–H and O–H groups in total. The molecular formula is C17H25NO. The number of nitrogens with zero attached hydrogens (tertiary/aromatic N) is 1. The number of aliphatic hydroxyl groups excluding tert-OH is 1. The van der Waals surface area contributed by atoms with E-state index in [1.54, 1.807) is 0 Å². The quantitative estimate of drug-likeness (QED) is 0.794. The summed E-state index contributed by atoms with van der Waals surface area (Å²) in [6.45, 7) is 5.56. The van der Waals surface area contributed by atoms with E-state index >= 15 is 0 Å². The maximum absolute atomic E-state index is 8.72. The molecule has 0 fully saturated rings. The van der Waals surface area contributed by atoms with E-state index < -0.39 is 0 Å². The average molecular weight is 259 g/mol. The van der Waals surface area contributed by atoms with Crippen LogP contribution in [0.2, 0.25) is 0 Å². The van der Waals surface area contributed by atoms with Gasteiger partial charge < -0.3 is 5.11 Å². The normalized spacial score (nSPS) is 10.6. The highest BCUT2D eigenvalue weighted by Crippen LogP contribution is 2.12. The van der Waals surface area contributed by atoms with Crippen molar-refractivity contribution in [3.63, 3.8) is 0 Å². The minimum Gasteiger partial charge on any atom is -0.395 e. The lowest BCUT2D eigenvalue weighted by atomic mass is 10.1. The van der Waals surface area contributed by atoms with E-state index in [2.05, 4.69) is 55.8 Å². The van der Waals surface area contributed by atoms with Crippen molar-refractivity contribution in [2.75, 3.05) is 13.7 Å². The summed E-state index contributed by atoms with van der Waals surface area (Å²) in [6, 6.07) is 9.01. The Balaban J connectivity index is 2.69. The van der Waals surface area contributed by atoms with Crippen LogP contribution in [0.4, 0.5) is 0 Å². The first-order chi connectivity index (χ1) is 9.21. The number of rotatable bonds is 6. The summed E-state index contributed by atoms with van der Waals surface area (Å²) in [5.74, 6) is 6.05. The zero-order chi connectivity index (χ0) is 14.1. The zero-order valence-corrected chi connectivity index (χ0v) is 12.3. The van der Waals surface area contributed by atoms with E-state index in [1.165, 1.54) is 18.4 Å². The molecule has 0 aromatic heterocycles. The third-order valence-electron chi connectivity index (χ3n) is 3.39. The molecule has 0 bridgehead atoms. The molecule has 2 nitrogen and oxygen atoms in total. The van der Waals surface area contributed by atoms with E-state index in [1.807, 2.05) is 6.07 Å². The molecule has 1 aromatic carbocycles. The van der Waals surface area contributed by atoms with Gasteiger partial charge in [0.25, 0.3) is 0 Å². The van der Waals surface area contributed by atoms with Gasteiger partial charge in [0.15, 0.2) is 0 Å². The van der Waals surface area contributed by atoms with Crippen LogP contribution in [0, 0.1) is 11.8 Å². The van der Waals surface area contributed by atoms with Crippen molar-refractivity contribution >= 4 is 0 Å². The zero-order valence-electron chi connectivity index (χ0n) is 12.3. The molecule has 0 aliphatic heterocycles. The summed E-state index contributed by atoms with van der Waals surface area (Å²) in [5.41, 5.74) is 2.33. The highest BCUT2D eigenvalue weighted by atomic mass is 16.2. The molecule has 0 radical (unpaired) electrons. The predicted octanol–water partition coefficient (Wildman–Crippen LogP) is 3.04. The monoisotopic (exact) mass is 259 g/mol. The van der Waals surface area contributed by atoms with Gasteiger partial charge in [0.2, 0.25) is 0 Å². The van der Waals surface area contributed by atoms with Gasteiger partial charge in [-0.1, -0.05) is 37.8 Å². The second-order valence-electron chi connectivity index (χ2n) is 4.86. The molecule has 0 unspecified atom stereocenters. The molecule has 2 heteroatoms. The van der Waals surface area contributed by atoms with Crippen LogP contribution in [0.5, 0.6) is 0 Å². The van der Waals surface area contributed by atoms with Crippen LogP contribution in [0.1, 0.15) is 44.2 Å². The Morgan fingerprint density at radius 1 is 1.26 bits per heavy atom. The Morgan fingerprint density at radius 2 is 2.00 bits per heavy atom. The fourth-order valence-corrected chi connectivity index (χ4v) is 2.30. The van der Waals surface area contributed by atoms with Crippen molar-refractivity contribution in [3.8, 4) is 11.8 Å². The lowest BCUT2D eigenvalue weighted by Crippen LogP contribution is -2.29. The number of benzene rings is 1. The van der Waals surface area contributed by atoms with Crippen molar-refractivity contribution in [2.45, 2.75) is 45.7 Å². The topological polar surface area (TPSA) is 23.5 Å². The van der Waals surface area contributed by atoms with Crippen molar-refractivity contribution in [1.82, 2.24) is 4.90 Å². The molecule has 0 atom stereocenters. The van der Waals surface area contributed by atoms with Gasteiger partial charge in [0.05, 0.1) is 6.61 Å². The lowest BCUT2D eigenvalue weighted by Gasteiger charge is -2.26. The molecule has 0 aliphatic carbocycles. The molecule has 1 rings (SSSR count). The van der Waals surface area contributed by atoms with E-state index in [0.29, 0.717) is 12.5 Å². The third-order valence-corrected chi connectivity index (χ3v) is 3.39. The second kappa shape index (κ2) is 8.74. The van der Waals surface area contributed by atoms with Crippen LogP contribution in [-0.4, -0.2) is 29.7 Å². The van der Waals surface area contributed by atoms with Gasteiger partial charge in [0.1, 0.15) is 0 Å². The van der Waals surface area contributed by atoms with Crippen LogP contribution in [-0.2, 0) is 6.54 Å². The minimum atomic E-state index is 0.129. The van der Waals surface area contributed by atoms with E-state index in [0.717, 1.165) is 12.1 Å². The minimum absolute atomic E-state index is 0.129. The maximum atomic E-state index is 8.72. The first kappa shape index (κ1) is 15.8. The van der Waals surface area contributed by atoms with Crippen LogP contribution in [0.25, 0.3) is 0 Å². The molecular weight excluding hydrogens is 234 g/mol. The molecule has 0 saturated heterocycles. The number of hydrogen-bond acceptors (Lipinski definition) is 2. The Labute approximate surface area is 117 Å². The maximum Gasteiger partial charge on any atom is 0.0540 e. The standard InChI is InChI=1S/C17H25NO/c1-4-17(5-2)18(3)14-16-11-8-10-15(13-16)9-6-7-12-19/h8,10-11,13,17,19H,4-5,7,12,14H2,1-3H3. The van der Waals surface area contributed by atoms with Gasteiger partial charge in [0, 0.05) is 24.6 Å². The van der Waals surface area contributed by atoms with Gasteiger partial charge >= 0.3 is 0 Å². The van der Waals surface area contributed by atoms with Crippen molar-refractivity contribution in [3.05, 3.63) is 35.4 Å². The summed E-state index contributed by atoms with van der Waals surface area (Å²) in [4.78, 5) is 2.40. The predicted molar refractivity (Wildman–Crippen MR) is 80.9 cm³/mol. The summed E-state index contributed by atoms with van der Waals surface area (Å²) in [6.07, 6.45) is 2.91. The summed E-state index contributed by atoms with van der Waals surface area (Å²) >= 11 is 0. The van der Waals surface area contributed by atoms with Crippen LogP contribution in [0.3, 0.4) is 0 Å². The van der Waals surface area contributed by atoms with Crippen LogP contribution >= 0.6 is 0 Å². The van der Waals surface area contributed by atoms with Gasteiger partial charge in [-0.25, -0.2) is 0 Å². The first-order valence-corrected chi connectivity index (χ1v) is 7.10. The van der Waals surface area contributed by atoms with Crippen molar-refractivity contribution < 1.29 is 5.11 Å². The van der Waals surface area contributed by atoms with Crippen LogP contribution < -0.4 is 0 Å². The van der Waals surface area contributed by atoms with E-state index in [4.69, 9.17) is 5.11 Å². The Kier molecular flexibility index (Phi) is 7.25. The first-order valence-electron chi connectivity index (χ1n) is 7.10. The molecule has 0 aliphatic rings. The SMILES string of the molecule is CCC(CC)N(C)Cc1cccc(C#CCCO)c1. The molecule has 104 valence electrons. The van der Waals surface area contributed by atoms with Gasteiger partial charge in [-0.3, -0.25) is 4.90 Å². The number of hydrogen-bond donors (Lipinski definition) is 1. The average Bonchev–Trinajstić information content (AvgIpc) is 2.41. The van der Waals surface area contributed by atoms with Crippen LogP contribution in [0.15, 0.2) is 24.3 Å². The highest BCUT2D eigenvalue weighted by molar-refractivity contribution is 5.37. The smallest absolute Gasteiger partial charge is 0.0540 e. The largest absolute Gasteiger partial charge is 0.395 e. The molecule has 0 amide bonds. The highest BCUT2D eigenvalue weighted by Gasteiger charge is 2.10. The molecule has 1 aromatic rings.